The molecule has 2 aromatic carbocycles. The molecular weight excluding hydrogens is 304 g/mol. The van der Waals surface area contributed by atoms with Crippen molar-refractivity contribution in [2.24, 2.45) is 0 Å². The minimum Gasteiger partial charge on any atom is -0.508 e. The summed E-state index contributed by atoms with van der Waals surface area (Å²) < 4.78 is 0.796. The van der Waals surface area contributed by atoms with Crippen LogP contribution in [-0.2, 0) is 6.42 Å². The van der Waals surface area contributed by atoms with E-state index in [0.29, 0.717) is 5.56 Å². The highest BCUT2D eigenvalue weighted by molar-refractivity contribution is 9.10. The van der Waals surface area contributed by atoms with E-state index < -0.39 is 0 Å². The molecule has 0 atom stereocenters. The van der Waals surface area contributed by atoms with Crippen LogP contribution in [0.4, 0.5) is 5.69 Å². The van der Waals surface area contributed by atoms with Crippen LogP contribution in [0, 0.1) is 11.3 Å². The summed E-state index contributed by atoms with van der Waals surface area (Å²) in [5, 5.41) is 21.6. The molecule has 3 nitrogen and oxygen atoms in total. The van der Waals surface area contributed by atoms with Gasteiger partial charge in [0.25, 0.3) is 0 Å². The minimum absolute atomic E-state index is 0.274. The van der Waals surface area contributed by atoms with Crippen molar-refractivity contribution in [3.05, 3.63) is 58.1 Å². The monoisotopic (exact) mass is 316 g/mol. The Kier molecular flexibility index (Phi) is 4.43. The molecule has 0 spiro atoms. The standard InChI is InChI=1S/C15H13BrN2O/c16-14-2-1-3-15(13(14)10-17)18-9-8-11-4-6-12(19)7-5-11/h1-7,18-19H,8-9H2. The van der Waals surface area contributed by atoms with Crippen LogP contribution >= 0.6 is 15.9 Å². The van der Waals surface area contributed by atoms with Crippen LogP contribution in [0.5, 0.6) is 5.75 Å². The third kappa shape index (κ3) is 3.49. The molecule has 19 heavy (non-hydrogen) atoms. The average Bonchev–Trinajstić information content (AvgIpc) is 2.41. The van der Waals surface area contributed by atoms with Gasteiger partial charge in [-0.2, -0.15) is 5.26 Å². The molecule has 0 radical (unpaired) electrons. The fourth-order valence-corrected chi connectivity index (χ4v) is 2.24. The smallest absolute Gasteiger partial charge is 0.115 e. The predicted octanol–water partition coefficient (Wildman–Crippen LogP) is 3.68. The summed E-state index contributed by atoms with van der Waals surface area (Å²) in [6.07, 6.45) is 0.831. The highest BCUT2D eigenvalue weighted by Gasteiger charge is 2.04. The molecule has 0 aliphatic rings. The summed E-state index contributed by atoms with van der Waals surface area (Å²) in [5.41, 5.74) is 2.59. The third-order valence-corrected chi connectivity index (χ3v) is 3.45. The Balaban J connectivity index is 1.98. The van der Waals surface area contributed by atoms with E-state index in [1.54, 1.807) is 12.1 Å². The van der Waals surface area contributed by atoms with E-state index in [9.17, 15) is 5.11 Å². The fourth-order valence-electron chi connectivity index (χ4n) is 1.79. The lowest BCUT2D eigenvalue weighted by atomic mass is 10.1. The summed E-state index contributed by atoms with van der Waals surface area (Å²) >= 11 is 3.36. The lowest BCUT2D eigenvalue weighted by molar-refractivity contribution is 0.475. The van der Waals surface area contributed by atoms with Gasteiger partial charge < -0.3 is 10.4 Å². The molecule has 96 valence electrons. The molecule has 0 aromatic heterocycles. The van der Waals surface area contributed by atoms with Gasteiger partial charge in [-0.15, -0.1) is 0 Å². The normalized spacial score (nSPS) is 9.89. The Morgan fingerprint density at radius 3 is 2.58 bits per heavy atom. The minimum atomic E-state index is 0.274. The molecule has 2 rings (SSSR count). The largest absolute Gasteiger partial charge is 0.508 e. The lowest BCUT2D eigenvalue weighted by Gasteiger charge is -2.09. The van der Waals surface area contributed by atoms with Crippen molar-refractivity contribution < 1.29 is 5.11 Å². The number of nitrogens with zero attached hydrogens (tertiary/aromatic N) is 1. The maximum Gasteiger partial charge on any atom is 0.115 e. The van der Waals surface area contributed by atoms with Gasteiger partial charge in [-0.1, -0.05) is 18.2 Å². The topological polar surface area (TPSA) is 56.0 Å². The molecule has 0 heterocycles. The Hall–Kier alpha value is -1.99. The fraction of sp³-hybridized carbons (Fsp3) is 0.133. The second-order valence-electron chi connectivity index (χ2n) is 4.12. The highest BCUT2D eigenvalue weighted by Crippen LogP contribution is 2.23. The summed E-state index contributed by atoms with van der Waals surface area (Å²) in [7, 11) is 0. The van der Waals surface area contributed by atoms with Crippen molar-refractivity contribution in [3.8, 4) is 11.8 Å². The van der Waals surface area contributed by atoms with Gasteiger partial charge in [0.2, 0.25) is 0 Å². The van der Waals surface area contributed by atoms with Crippen LogP contribution < -0.4 is 5.32 Å². The summed E-state index contributed by atoms with van der Waals surface area (Å²) in [6, 6.07) is 14.9. The van der Waals surface area contributed by atoms with Gasteiger partial charge in [-0.05, 0) is 52.2 Å². The van der Waals surface area contributed by atoms with Crippen molar-refractivity contribution >= 4 is 21.6 Å². The van der Waals surface area contributed by atoms with Crippen LogP contribution in [0.15, 0.2) is 46.9 Å². The molecular formula is C15H13BrN2O. The number of benzene rings is 2. The predicted molar refractivity (Wildman–Crippen MR) is 79.2 cm³/mol. The zero-order valence-electron chi connectivity index (χ0n) is 10.2. The quantitative estimate of drug-likeness (QED) is 0.904. The average molecular weight is 317 g/mol. The Labute approximate surface area is 120 Å². The second kappa shape index (κ2) is 6.26. The number of phenols is 1. The van der Waals surface area contributed by atoms with Crippen LogP contribution in [0.3, 0.4) is 0 Å². The van der Waals surface area contributed by atoms with E-state index >= 15 is 0 Å². The van der Waals surface area contributed by atoms with Crippen molar-refractivity contribution in [1.82, 2.24) is 0 Å². The van der Waals surface area contributed by atoms with Gasteiger partial charge in [0, 0.05) is 11.0 Å². The summed E-state index contributed by atoms with van der Waals surface area (Å²) in [5.74, 6) is 0.274. The van der Waals surface area contributed by atoms with E-state index in [4.69, 9.17) is 5.26 Å². The second-order valence-corrected chi connectivity index (χ2v) is 4.97. The maximum atomic E-state index is 9.20. The molecule has 2 N–H and O–H groups in total. The number of nitriles is 1. The van der Waals surface area contributed by atoms with Crippen molar-refractivity contribution in [1.29, 1.82) is 5.26 Å². The van der Waals surface area contributed by atoms with Gasteiger partial charge in [0.15, 0.2) is 0 Å². The Morgan fingerprint density at radius 1 is 1.16 bits per heavy atom. The SMILES string of the molecule is N#Cc1c(Br)cccc1NCCc1ccc(O)cc1. The maximum absolute atomic E-state index is 9.20. The number of hydrogen-bond donors (Lipinski definition) is 2. The number of anilines is 1. The third-order valence-electron chi connectivity index (χ3n) is 2.79. The Morgan fingerprint density at radius 2 is 1.89 bits per heavy atom. The molecule has 0 aliphatic heterocycles. The molecule has 0 aliphatic carbocycles. The zero-order chi connectivity index (χ0) is 13.7. The first-order valence-corrected chi connectivity index (χ1v) is 6.70. The van der Waals surface area contributed by atoms with Gasteiger partial charge in [0.1, 0.15) is 11.8 Å². The molecule has 0 saturated heterocycles. The molecule has 0 amide bonds. The van der Waals surface area contributed by atoms with Crippen LogP contribution in [0.25, 0.3) is 0 Å². The first-order chi connectivity index (χ1) is 9.20. The molecule has 2 aromatic rings. The van der Waals surface area contributed by atoms with Crippen molar-refractivity contribution in [3.63, 3.8) is 0 Å². The number of hydrogen-bond acceptors (Lipinski definition) is 3. The number of halogens is 1. The first-order valence-electron chi connectivity index (χ1n) is 5.91. The van der Waals surface area contributed by atoms with E-state index in [-0.39, 0.29) is 5.75 Å². The first kappa shape index (κ1) is 13.4. The lowest BCUT2D eigenvalue weighted by Crippen LogP contribution is -2.06. The van der Waals surface area contributed by atoms with Gasteiger partial charge >= 0.3 is 0 Å². The molecule has 0 bridgehead atoms. The molecule has 4 heteroatoms. The van der Waals surface area contributed by atoms with E-state index in [1.165, 1.54) is 0 Å². The van der Waals surface area contributed by atoms with E-state index in [0.717, 1.165) is 28.7 Å². The molecule has 0 saturated carbocycles. The van der Waals surface area contributed by atoms with Crippen molar-refractivity contribution in [2.45, 2.75) is 6.42 Å². The van der Waals surface area contributed by atoms with Crippen LogP contribution in [-0.4, -0.2) is 11.7 Å². The van der Waals surface area contributed by atoms with E-state index in [2.05, 4.69) is 27.3 Å². The molecule has 0 fully saturated rings. The molecule has 0 unspecified atom stereocenters. The van der Waals surface area contributed by atoms with Crippen LogP contribution in [0.2, 0.25) is 0 Å². The van der Waals surface area contributed by atoms with E-state index in [1.807, 2.05) is 30.3 Å². The number of nitrogens with one attached hydrogen (secondary N) is 1. The number of aromatic hydroxyl groups is 1. The number of rotatable bonds is 4. The Bertz CT molecular complexity index is 603. The highest BCUT2D eigenvalue weighted by atomic mass is 79.9. The summed E-state index contributed by atoms with van der Waals surface area (Å²) in [4.78, 5) is 0. The zero-order valence-corrected chi connectivity index (χ0v) is 11.8. The van der Waals surface area contributed by atoms with Crippen LogP contribution in [0.1, 0.15) is 11.1 Å². The van der Waals surface area contributed by atoms with Gasteiger partial charge in [0.05, 0.1) is 11.3 Å². The van der Waals surface area contributed by atoms with Gasteiger partial charge in [-0.3, -0.25) is 0 Å². The van der Waals surface area contributed by atoms with Crippen molar-refractivity contribution in [2.75, 3.05) is 11.9 Å². The number of phenolic OH excluding ortho intramolecular Hbond substituents is 1. The van der Waals surface area contributed by atoms with Gasteiger partial charge in [-0.25, -0.2) is 0 Å². The summed E-state index contributed by atoms with van der Waals surface area (Å²) in [6.45, 7) is 0.732.